The van der Waals surface area contributed by atoms with Crippen molar-refractivity contribution in [3.8, 4) is 11.5 Å². The SMILES string of the molecule is CN=C(NCc1ccoc1)NCC1(c2ccc3c(c2)OCO3)CCOCC1.I. The summed E-state index contributed by atoms with van der Waals surface area (Å²) in [5, 5.41) is 6.81. The molecule has 0 atom stereocenters. The third-order valence-corrected chi connectivity index (χ3v) is 5.29. The van der Waals surface area contributed by atoms with Crippen LogP contribution in [-0.2, 0) is 16.7 Å². The van der Waals surface area contributed by atoms with Crippen LogP contribution in [0.3, 0.4) is 0 Å². The average Bonchev–Trinajstić information content (AvgIpc) is 3.40. The van der Waals surface area contributed by atoms with Gasteiger partial charge in [0, 0.05) is 44.3 Å². The number of rotatable bonds is 5. The number of hydrogen-bond acceptors (Lipinski definition) is 5. The van der Waals surface area contributed by atoms with E-state index in [9.17, 15) is 0 Å². The summed E-state index contributed by atoms with van der Waals surface area (Å²) in [6, 6.07) is 8.19. The quantitative estimate of drug-likeness (QED) is 0.374. The molecule has 0 unspecified atom stereocenters. The van der Waals surface area contributed by atoms with Crippen molar-refractivity contribution >= 4 is 29.9 Å². The van der Waals surface area contributed by atoms with Gasteiger partial charge in [0.25, 0.3) is 0 Å². The number of nitrogens with zero attached hydrogens (tertiary/aromatic N) is 1. The molecule has 2 aliphatic rings. The number of fused-ring (bicyclic) bond motifs is 1. The van der Waals surface area contributed by atoms with Crippen LogP contribution in [0.4, 0.5) is 0 Å². The summed E-state index contributed by atoms with van der Waals surface area (Å²) in [5.41, 5.74) is 2.29. The molecule has 0 radical (unpaired) electrons. The third-order valence-electron chi connectivity index (χ3n) is 5.29. The molecule has 4 rings (SSSR count). The van der Waals surface area contributed by atoms with E-state index in [1.165, 1.54) is 5.56 Å². The minimum atomic E-state index is -0.0352. The molecule has 2 aromatic rings. The summed E-state index contributed by atoms with van der Waals surface area (Å²) in [6.45, 7) is 3.21. The molecular weight excluding hydrogens is 473 g/mol. The first-order valence-corrected chi connectivity index (χ1v) is 9.23. The van der Waals surface area contributed by atoms with Crippen molar-refractivity contribution in [2.45, 2.75) is 24.8 Å². The first-order chi connectivity index (χ1) is 13.3. The van der Waals surface area contributed by atoms with Gasteiger partial charge in [0.15, 0.2) is 17.5 Å². The summed E-state index contributed by atoms with van der Waals surface area (Å²) in [7, 11) is 1.78. The average molecular weight is 499 g/mol. The van der Waals surface area contributed by atoms with Crippen LogP contribution < -0.4 is 20.1 Å². The Morgan fingerprint density at radius 2 is 1.93 bits per heavy atom. The summed E-state index contributed by atoms with van der Waals surface area (Å²) >= 11 is 0. The number of halogens is 1. The highest BCUT2D eigenvalue weighted by atomic mass is 127. The fourth-order valence-electron chi connectivity index (χ4n) is 3.61. The zero-order valence-corrected chi connectivity index (χ0v) is 18.2. The van der Waals surface area contributed by atoms with Crippen molar-refractivity contribution in [3.63, 3.8) is 0 Å². The molecule has 0 bridgehead atoms. The van der Waals surface area contributed by atoms with Gasteiger partial charge in [0.2, 0.25) is 6.79 Å². The molecule has 0 spiro atoms. The van der Waals surface area contributed by atoms with Crippen molar-refractivity contribution in [1.29, 1.82) is 0 Å². The lowest BCUT2D eigenvalue weighted by Crippen LogP contribution is -2.47. The third kappa shape index (κ3) is 4.54. The van der Waals surface area contributed by atoms with Gasteiger partial charge in [-0.05, 0) is 36.6 Å². The van der Waals surface area contributed by atoms with E-state index in [0.29, 0.717) is 6.54 Å². The van der Waals surface area contributed by atoms with Gasteiger partial charge in [-0.1, -0.05) is 6.07 Å². The Bertz CT molecular complexity index is 789. The maximum Gasteiger partial charge on any atom is 0.231 e. The monoisotopic (exact) mass is 499 g/mol. The van der Waals surface area contributed by atoms with Crippen molar-refractivity contribution in [2.75, 3.05) is 33.6 Å². The molecule has 152 valence electrons. The molecule has 0 saturated carbocycles. The fraction of sp³-hybridized carbons (Fsp3) is 0.450. The Labute approximate surface area is 181 Å². The maximum absolute atomic E-state index is 5.63. The predicted octanol–water partition coefficient (Wildman–Crippen LogP) is 3.04. The number of ether oxygens (including phenoxy) is 3. The van der Waals surface area contributed by atoms with E-state index in [4.69, 9.17) is 18.6 Å². The highest BCUT2D eigenvalue weighted by Gasteiger charge is 2.35. The molecule has 0 amide bonds. The molecule has 8 heteroatoms. The summed E-state index contributed by atoms with van der Waals surface area (Å²) in [6.07, 6.45) is 5.29. The topological polar surface area (TPSA) is 77.3 Å². The highest BCUT2D eigenvalue weighted by molar-refractivity contribution is 14.0. The number of furan rings is 1. The second kappa shape index (κ2) is 9.51. The molecule has 2 N–H and O–H groups in total. The molecule has 3 heterocycles. The zero-order valence-electron chi connectivity index (χ0n) is 15.9. The predicted molar refractivity (Wildman–Crippen MR) is 117 cm³/mol. The van der Waals surface area contributed by atoms with Gasteiger partial charge in [0.1, 0.15) is 0 Å². The molecule has 1 fully saturated rings. The van der Waals surface area contributed by atoms with Crippen molar-refractivity contribution in [2.24, 2.45) is 4.99 Å². The molecular formula is C20H26IN3O4. The smallest absolute Gasteiger partial charge is 0.231 e. The van der Waals surface area contributed by atoms with E-state index in [1.54, 1.807) is 19.6 Å². The molecule has 28 heavy (non-hydrogen) atoms. The summed E-state index contributed by atoms with van der Waals surface area (Å²) in [4.78, 5) is 4.34. The number of guanidine groups is 1. The molecule has 1 aromatic carbocycles. The van der Waals surface area contributed by atoms with Crippen LogP contribution in [0.2, 0.25) is 0 Å². The zero-order chi connectivity index (χ0) is 18.5. The largest absolute Gasteiger partial charge is 0.472 e. The van der Waals surface area contributed by atoms with Crippen LogP contribution in [0.1, 0.15) is 24.0 Å². The van der Waals surface area contributed by atoms with Crippen LogP contribution in [0, 0.1) is 0 Å². The van der Waals surface area contributed by atoms with Crippen LogP contribution in [-0.4, -0.2) is 39.6 Å². The van der Waals surface area contributed by atoms with E-state index in [1.807, 2.05) is 12.1 Å². The van der Waals surface area contributed by atoms with E-state index < -0.39 is 0 Å². The van der Waals surface area contributed by atoms with Crippen molar-refractivity contribution < 1.29 is 18.6 Å². The minimum Gasteiger partial charge on any atom is -0.472 e. The Balaban J connectivity index is 0.00000225. The van der Waals surface area contributed by atoms with Gasteiger partial charge in [0.05, 0.1) is 12.5 Å². The van der Waals surface area contributed by atoms with Gasteiger partial charge < -0.3 is 29.3 Å². The first-order valence-electron chi connectivity index (χ1n) is 9.23. The van der Waals surface area contributed by atoms with Gasteiger partial charge in [-0.15, -0.1) is 24.0 Å². The lowest BCUT2D eigenvalue weighted by atomic mass is 9.74. The number of nitrogens with one attached hydrogen (secondary N) is 2. The highest BCUT2D eigenvalue weighted by Crippen LogP contribution is 2.40. The molecule has 2 aliphatic heterocycles. The Morgan fingerprint density at radius 1 is 1.11 bits per heavy atom. The van der Waals surface area contributed by atoms with Crippen LogP contribution in [0.5, 0.6) is 11.5 Å². The summed E-state index contributed by atoms with van der Waals surface area (Å²) in [5.74, 6) is 2.40. The maximum atomic E-state index is 5.63. The number of hydrogen-bond donors (Lipinski definition) is 2. The van der Waals surface area contributed by atoms with Crippen molar-refractivity contribution in [1.82, 2.24) is 10.6 Å². The van der Waals surface area contributed by atoms with E-state index in [0.717, 1.165) is 55.6 Å². The van der Waals surface area contributed by atoms with E-state index >= 15 is 0 Å². The first kappa shape index (κ1) is 20.8. The van der Waals surface area contributed by atoms with Crippen LogP contribution in [0.15, 0.2) is 46.2 Å². The minimum absolute atomic E-state index is 0. The second-order valence-corrected chi connectivity index (χ2v) is 6.87. The van der Waals surface area contributed by atoms with E-state index in [2.05, 4.69) is 27.8 Å². The number of benzene rings is 1. The lowest BCUT2D eigenvalue weighted by molar-refractivity contribution is 0.0513. The Hall–Kier alpha value is -1.94. The Morgan fingerprint density at radius 3 is 2.68 bits per heavy atom. The van der Waals surface area contributed by atoms with Gasteiger partial charge >= 0.3 is 0 Å². The summed E-state index contributed by atoms with van der Waals surface area (Å²) < 4.78 is 21.8. The molecule has 1 saturated heterocycles. The van der Waals surface area contributed by atoms with Crippen LogP contribution >= 0.6 is 24.0 Å². The fourth-order valence-corrected chi connectivity index (χ4v) is 3.61. The standard InChI is InChI=1S/C20H25N3O4.HI/c1-21-19(22-11-15-4-7-25-12-15)23-13-20(5-8-24-9-6-20)16-2-3-17-18(10-16)27-14-26-17;/h2-4,7,10,12H,5-6,8-9,11,13-14H2,1H3,(H2,21,22,23);1H. The normalized spacial score (nSPS) is 17.7. The van der Waals surface area contributed by atoms with Gasteiger partial charge in [-0.2, -0.15) is 0 Å². The molecule has 7 nitrogen and oxygen atoms in total. The van der Waals surface area contributed by atoms with Gasteiger partial charge in [-0.3, -0.25) is 4.99 Å². The van der Waals surface area contributed by atoms with Crippen LogP contribution in [0.25, 0.3) is 0 Å². The molecule has 0 aliphatic carbocycles. The number of aliphatic imine (C=N–C) groups is 1. The van der Waals surface area contributed by atoms with Crippen molar-refractivity contribution in [3.05, 3.63) is 47.9 Å². The van der Waals surface area contributed by atoms with Gasteiger partial charge in [-0.25, -0.2) is 0 Å². The van der Waals surface area contributed by atoms with E-state index in [-0.39, 0.29) is 36.2 Å². The Kier molecular flexibility index (Phi) is 7.06. The molecule has 1 aromatic heterocycles. The lowest BCUT2D eigenvalue weighted by Gasteiger charge is -2.38. The second-order valence-electron chi connectivity index (χ2n) is 6.87.